The third kappa shape index (κ3) is 6.02. The molecule has 0 amide bonds. The van der Waals surface area contributed by atoms with Crippen LogP contribution in [0.1, 0.15) is 20.8 Å². The number of rotatable bonds is 8. The number of nitrogens with zero attached hydrogens (tertiary/aromatic N) is 2. The lowest BCUT2D eigenvalue weighted by molar-refractivity contribution is 1.15. The van der Waals surface area contributed by atoms with Crippen LogP contribution in [0.5, 0.6) is 0 Å². The van der Waals surface area contributed by atoms with Gasteiger partial charge in [0.25, 0.3) is 0 Å². The second kappa shape index (κ2) is 12.1. The molecule has 0 atom stereocenters. The predicted molar refractivity (Wildman–Crippen MR) is 168 cm³/mol. The van der Waals surface area contributed by atoms with Gasteiger partial charge in [0.15, 0.2) is 0 Å². The van der Waals surface area contributed by atoms with Gasteiger partial charge in [0.1, 0.15) is 0 Å². The zero-order chi connectivity index (χ0) is 27.0. The van der Waals surface area contributed by atoms with Gasteiger partial charge in [-0.15, -0.1) is 0 Å². The third-order valence-electron chi connectivity index (χ3n) is 6.87. The van der Waals surface area contributed by atoms with Crippen LogP contribution in [0.15, 0.2) is 163 Å². The van der Waals surface area contributed by atoms with Crippen molar-refractivity contribution in [1.29, 1.82) is 0 Å². The summed E-state index contributed by atoms with van der Waals surface area (Å²) in [5.41, 5.74) is 10.5. The van der Waals surface area contributed by atoms with E-state index in [1.165, 1.54) is 22.4 Å². The largest absolute Gasteiger partial charge is 0.315 e. The maximum Gasteiger partial charge on any atom is 0.0462 e. The molecule has 5 rings (SSSR count). The van der Waals surface area contributed by atoms with Crippen molar-refractivity contribution in [2.75, 3.05) is 9.80 Å². The molecular formula is C37H34N2. The lowest BCUT2D eigenvalue weighted by atomic mass is 10.0. The number of para-hydroxylation sites is 3. The zero-order valence-corrected chi connectivity index (χ0v) is 22.8. The van der Waals surface area contributed by atoms with Crippen LogP contribution >= 0.6 is 0 Å². The zero-order valence-electron chi connectivity index (χ0n) is 22.8. The van der Waals surface area contributed by atoms with Crippen LogP contribution in [0, 0.1) is 0 Å². The van der Waals surface area contributed by atoms with Gasteiger partial charge in [0.2, 0.25) is 0 Å². The molecule has 0 radical (unpaired) electrons. The summed E-state index contributed by atoms with van der Waals surface area (Å²) >= 11 is 0. The molecule has 0 aromatic heterocycles. The van der Waals surface area contributed by atoms with E-state index in [9.17, 15) is 0 Å². The Morgan fingerprint density at radius 1 is 0.462 bits per heavy atom. The molecule has 5 aromatic rings. The summed E-state index contributed by atoms with van der Waals surface area (Å²) in [5.74, 6) is 0. The summed E-state index contributed by atoms with van der Waals surface area (Å²) in [6.45, 7) is 6.37. The topological polar surface area (TPSA) is 6.48 Å². The molecule has 0 saturated carbocycles. The second-order valence-electron chi connectivity index (χ2n) is 9.59. The molecule has 0 aliphatic rings. The van der Waals surface area contributed by atoms with Crippen LogP contribution in [-0.2, 0) is 0 Å². The van der Waals surface area contributed by atoms with Crippen LogP contribution in [0.4, 0.5) is 28.4 Å². The molecule has 0 unspecified atom stereocenters. The van der Waals surface area contributed by atoms with E-state index in [2.05, 4.69) is 182 Å². The van der Waals surface area contributed by atoms with Crippen LogP contribution in [-0.4, -0.2) is 0 Å². The van der Waals surface area contributed by atoms with Crippen molar-refractivity contribution in [2.45, 2.75) is 20.8 Å². The second-order valence-corrected chi connectivity index (χ2v) is 9.59. The summed E-state index contributed by atoms with van der Waals surface area (Å²) in [4.78, 5) is 4.59. The number of hydrogen-bond acceptors (Lipinski definition) is 2. The normalized spacial score (nSPS) is 11.8. The third-order valence-corrected chi connectivity index (χ3v) is 6.87. The highest BCUT2D eigenvalue weighted by molar-refractivity contribution is 5.79. The Kier molecular flexibility index (Phi) is 8.04. The first-order valence-electron chi connectivity index (χ1n) is 13.4. The Morgan fingerprint density at radius 3 is 1.26 bits per heavy atom. The number of benzene rings is 5. The molecule has 192 valence electrons. The molecule has 39 heavy (non-hydrogen) atoms. The summed E-state index contributed by atoms with van der Waals surface area (Å²) in [6, 6.07) is 49.2. The van der Waals surface area contributed by atoms with E-state index in [1.54, 1.807) is 0 Å². The summed E-state index contributed by atoms with van der Waals surface area (Å²) in [6.07, 6.45) is 4.36. The first-order valence-corrected chi connectivity index (χ1v) is 13.4. The van der Waals surface area contributed by atoms with Gasteiger partial charge in [-0.2, -0.15) is 0 Å². The SMILES string of the molecule is C/C=C(C)\C=C(/C)N(c1ccccc1)c1ccc(-c2ccc(N(c3ccccc3)c3ccccc3)cc2)cc1. The van der Waals surface area contributed by atoms with Crippen LogP contribution in [0.2, 0.25) is 0 Å². The fraction of sp³-hybridized carbons (Fsp3) is 0.0811. The van der Waals surface area contributed by atoms with Crippen LogP contribution in [0.25, 0.3) is 11.1 Å². The average molecular weight is 507 g/mol. The number of allylic oxidation sites excluding steroid dienone is 4. The highest BCUT2D eigenvalue weighted by Gasteiger charge is 2.14. The highest BCUT2D eigenvalue weighted by atomic mass is 15.1. The minimum atomic E-state index is 1.13. The molecule has 0 saturated heterocycles. The van der Waals surface area contributed by atoms with Gasteiger partial charge in [-0.3, -0.25) is 0 Å². The van der Waals surface area contributed by atoms with Crippen molar-refractivity contribution < 1.29 is 0 Å². The van der Waals surface area contributed by atoms with Crippen LogP contribution in [0.3, 0.4) is 0 Å². The van der Waals surface area contributed by atoms with Crippen molar-refractivity contribution in [3.05, 3.63) is 163 Å². The molecule has 0 aliphatic carbocycles. The smallest absolute Gasteiger partial charge is 0.0462 e. The molecule has 0 aliphatic heterocycles. The summed E-state index contributed by atoms with van der Waals surface area (Å²) in [5, 5.41) is 0. The van der Waals surface area contributed by atoms with Gasteiger partial charge in [0.05, 0.1) is 0 Å². The van der Waals surface area contributed by atoms with E-state index in [1.807, 2.05) is 0 Å². The average Bonchev–Trinajstić information content (AvgIpc) is 3.00. The molecule has 0 bridgehead atoms. The minimum Gasteiger partial charge on any atom is -0.315 e. The molecule has 0 N–H and O–H groups in total. The van der Waals surface area contributed by atoms with Crippen molar-refractivity contribution >= 4 is 28.4 Å². The van der Waals surface area contributed by atoms with E-state index in [0.717, 1.165) is 28.4 Å². The van der Waals surface area contributed by atoms with Crippen molar-refractivity contribution in [2.24, 2.45) is 0 Å². The van der Waals surface area contributed by atoms with Gasteiger partial charge < -0.3 is 9.80 Å². The lowest BCUT2D eigenvalue weighted by Gasteiger charge is -2.26. The monoisotopic (exact) mass is 506 g/mol. The Morgan fingerprint density at radius 2 is 0.821 bits per heavy atom. The molecule has 2 heteroatoms. The van der Waals surface area contributed by atoms with E-state index < -0.39 is 0 Å². The maximum absolute atomic E-state index is 2.30. The lowest BCUT2D eigenvalue weighted by Crippen LogP contribution is -2.14. The Hall–Kier alpha value is -4.82. The summed E-state index contributed by atoms with van der Waals surface area (Å²) in [7, 11) is 0. The fourth-order valence-corrected chi connectivity index (χ4v) is 4.82. The predicted octanol–water partition coefficient (Wildman–Crippen LogP) is 10.8. The van der Waals surface area contributed by atoms with Crippen LogP contribution < -0.4 is 9.80 Å². The van der Waals surface area contributed by atoms with Crippen molar-refractivity contribution in [1.82, 2.24) is 0 Å². The van der Waals surface area contributed by atoms with Gasteiger partial charge in [-0.1, -0.05) is 90.5 Å². The van der Waals surface area contributed by atoms with E-state index >= 15 is 0 Å². The minimum absolute atomic E-state index is 1.13. The van der Waals surface area contributed by atoms with Gasteiger partial charge in [-0.25, -0.2) is 0 Å². The van der Waals surface area contributed by atoms with Gasteiger partial charge >= 0.3 is 0 Å². The number of hydrogen-bond donors (Lipinski definition) is 0. The van der Waals surface area contributed by atoms with E-state index in [0.29, 0.717) is 0 Å². The Labute approximate surface area is 232 Å². The van der Waals surface area contributed by atoms with E-state index in [4.69, 9.17) is 0 Å². The number of anilines is 5. The van der Waals surface area contributed by atoms with E-state index in [-0.39, 0.29) is 0 Å². The highest BCUT2D eigenvalue weighted by Crippen LogP contribution is 2.36. The molecule has 2 nitrogen and oxygen atoms in total. The van der Waals surface area contributed by atoms with Gasteiger partial charge in [0, 0.05) is 34.1 Å². The van der Waals surface area contributed by atoms with Crippen molar-refractivity contribution in [3.8, 4) is 11.1 Å². The molecule has 0 spiro atoms. The van der Waals surface area contributed by atoms with Crippen molar-refractivity contribution in [3.63, 3.8) is 0 Å². The molecule has 5 aromatic carbocycles. The Bertz CT molecular complexity index is 1490. The summed E-state index contributed by atoms with van der Waals surface area (Å²) < 4.78 is 0. The first-order chi connectivity index (χ1) is 19.1. The quantitative estimate of drug-likeness (QED) is 0.193. The molecule has 0 heterocycles. The Balaban J connectivity index is 1.45. The first kappa shape index (κ1) is 25.8. The molecule has 0 fully saturated rings. The fourth-order valence-electron chi connectivity index (χ4n) is 4.82. The van der Waals surface area contributed by atoms with Gasteiger partial charge in [-0.05, 0) is 98.6 Å². The molecular weight excluding hydrogens is 472 g/mol. The maximum atomic E-state index is 2.30. The standard InChI is InChI=1S/C37H34N2/c1-4-29(2)28-30(3)38(33-14-8-5-9-15-33)36-24-20-31(21-25-36)32-22-26-37(27-23-32)39(34-16-10-6-11-17-34)35-18-12-7-13-19-35/h4-28H,1-3H3/b29-4-,30-28+.